The van der Waals surface area contributed by atoms with E-state index in [2.05, 4.69) is 30.0 Å². The summed E-state index contributed by atoms with van der Waals surface area (Å²) in [7, 11) is 1.61. The first kappa shape index (κ1) is 13.4. The van der Waals surface area contributed by atoms with Crippen molar-refractivity contribution < 1.29 is 11.0 Å². The third-order valence-electron chi connectivity index (χ3n) is 4.51. The van der Waals surface area contributed by atoms with E-state index in [1.165, 1.54) is 16.7 Å². The molecule has 108 valence electrons. The largest absolute Gasteiger partial charge is 0.367 e. The van der Waals surface area contributed by atoms with Gasteiger partial charge < -0.3 is 9.64 Å². The third-order valence-corrected chi connectivity index (χ3v) is 4.51. The van der Waals surface area contributed by atoms with Crippen molar-refractivity contribution >= 4 is 5.78 Å². The maximum atomic E-state index is 11.8. The van der Waals surface area contributed by atoms with Gasteiger partial charge in [0.1, 0.15) is 0 Å². The molecule has 2 aliphatic rings. The van der Waals surface area contributed by atoms with Gasteiger partial charge in [-0.1, -0.05) is 25.1 Å². The van der Waals surface area contributed by atoms with Crippen LogP contribution in [0, 0.1) is 0 Å². The van der Waals surface area contributed by atoms with Crippen LogP contribution in [0.3, 0.4) is 0 Å². The van der Waals surface area contributed by atoms with Gasteiger partial charge in [0.2, 0.25) is 0 Å². The number of hydrogen-bond donors (Lipinski definition) is 0. The lowest BCUT2D eigenvalue weighted by molar-refractivity contribution is -0.127. The Kier molecular flexibility index (Phi) is 3.38. The minimum absolute atomic E-state index is 0. The average molecular weight is 273 g/mol. The fraction of sp³-hybridized carbons (Fsp3) is 0.471. The van der Waals surface area contributed by atoms with Crippen molar-refractivity contribution in [3.05, 3.63) is 46.2 Å². The summed E-state index contributed by atoms with van der Waals surface area (Å²) >= 11 is 0. The highest BCUT2D eigenvalue weighted by Crippen LogP contribution is 2.33. The number of benzene rings is 1. The first-order chi connectivity index (χ1) is 9.65. The molecule has 0 radical (unpaired) electrons. The minimum Gasteiger partial charge on any atom is -0.367 e. The topological polar surface area (TPSA) is 29.5 Å². The molecule has 0 amide bonds. The highest BCUT2D eigenvalue weighted by atomic mass is 16.5. The molecule has 0 spiro atoms. The Morgan fingerprint density at radius 3 is 2.90 bits per heavy atom. The third kappa shape index (κ3) is 1.97. The number of hydrogen-bond acceptors (Lipinski definition) is 3. The average Bonchev–Trinajstić information content (AvgIpc) is 2.50. The summed E-state index contributed by atoms with van der Waals surface area (Å²) in [6.07, 6.45) is 1.76. The molecule has 1 unspecified atom stereocenters. The number of ether oxygens (including phenoxy) is 1. The molecule has 0 bridgehead atoms. The number of Topliss-reactive ketones (excluding diaryl/α,β-unsaturated/α-hetero) is 1. The molecule has 1 aliphatic heterocycles. The van der Waals surface area contributed by atoms with E-state index in [0.717, 1.165) is 37.2 Å². The fourth-order valence-corrected chi connectivity index (χ4v) is 3.22. The molecular weight excluding hydrogens is 250 g/mol. The van der Waals surface area contributed by atoms with Gasteiger partial charge in [-0.2, -0.15) is 0 Å². The van der Waals surface area contributed by atoms with E-state index in [1.807, 2.05) is 6.92 Å². The van der Waals surface area contributed by atoms with Crippen LogP contribution in [0.5, 0.6) is 0 Å². The van der Waals surface area contributed by atoms with Crippen molar-refractivity contribution in [2.75, 3.05) is 13.7 Å². The summed E-state index contributed by atoms with van der Waals surface area (Å²) in [6, 6.07) is 6.79. The van der Waals surface area contributed by atoms with Crippen LogP contribution in [0.2, 0.25) is 0 Å². The standard InChI is InChI=1S/C17H21NO2.H2/c1-4-12-5-6-13-7-8-18(10-14(13)9-12)15-11(2)16(19)17(15)20-3;/h5-6,9,17H,4,7-8,10H2,1-3H3;1H. The quantitative estimate of drug-likeness (QED) is 0.848. The summed E-state index contributed by atoms with van der Waals surface area (Å²) in [4.78, 5) is 14.1. The Morgan fingerprint density at radius 2 is 2.20 bits per heavy atom. The SMILES string of the molecule is CCc1ccc2c(c1)CN(C1=C(C)C(=O)C1OC)CC2.[HH]. The molecule has 1 aromatic carbocycles. The second-order valence-corrected chi connectivity index (χ2v) is 5.62. The number of rotatable bonds is 3. The van der Waals surface area contributed by atoms with Gasteiger partial charge in [0.05, 0.1) is 5.70 Å². The molecule has 3 rings (SSSR count). The first-order valence-electron chi connectivity index (χ1n) is 7.29. The molecular formula is C17H23NO2. The number of carbonyl (C=O) groups is 1. The maximum Gasteiger partial charge on any atom is 0.195 e. The number of aryl methyl sites for hydroxylation is 1. The lowest BCUT2D eigenvalue weighted by atomic mass is 9.87. The second kappa shape index (κ2) is 5.06. The van der Waals surface area contributed by atoms with Crippen molar-refractivity contribution in [3.63, 3.8) is 0 Å². The minimum atomic E-state index is -0.342. The molecule has 0 N–H and O–H groups in total. The van der Waals surface area contributed by atoms with Gasteiger partial charge in [-0.15, -0.1) is 0 Å². The Hall–Kier alpha value is -1.61. The van der Waals surface area contributed by atoms with E-state index >= 15 is 0 Å². The van der Waals surface area contributed by atoms with Crippen molar-refractivity contribution in [1.82, 2.24) is 4.90 Å². The molecule has 0 fully saturated rings. The van der Waals surface area contributed by atoms with Crippen LogP contribution in [0.4, 0.5) is 0 Å². The molecule has 3 heteroatoms. The lowest BCUT2D eigenvalue weighted by Gasteiger charge is -2.40. The molecule has 0 saturated heterocycles. The number of ketones is 1. The van der Waals surface area contributed by atoms with E-state index in [9.17, 15) is 4.79 Å². The van der Waals surface area contributed by atoms with Crippen LogP contribution >= 0.6 is 0 Å². The van der Waals surface area contributed by atoms with Crippen LogP contribution in [-0.2, 0) is 28.9 Å². The summed E-state index contributed by atoms with van der Waals surface area (Å²) in [6.45, 7) is 5.95. The molecule has 20 heavy (non-hydrogen) atoms. The highest BCUT2D eigenvalue weighted by molar-refractivity contribution is 6.08. The lowest BCUT2D eigenvalue weighted by Crippen LogP contribution is -2.47. The predicted octanol–water partition coefficient (Wildman–Crippen LogP) is 2.72. The van der Waals surface area contributed by atoms with Gasteiger partial charge in [-0.05, 0) is 36.5 Å². The number of fused-ring (bicyclic) bond motifs is 1. The monoisotopic (exact) mass is 273 g/mol. The van der Waals surface area contributed by atoms with Crippen LogP contribution in [-0.4, -0.2) is 30.4 Å². The van der Waals surface area contributed by atoms with Crippen molar-refractivity contribution in [3.8, 4) is 0 Å². The van der Waals surface area contributed by atoms with Crippen LogP contribution < -0.4 is 0 Å². The smallest absolute Gasteiger partial charge is 0.195 e. The molecule has 1 aromatic rings. The highest BCUT2D eigenvalue weighted by Gasteiger charge is 2.40. The predicted molar refractivity (Wildman–Crippen MR) is 80.6 cm³/mol. The molecule has 3 nitrogen and oxygen atoms in total. The summed E-state index contributed by atoms with van der Waals surface area (Å²) < 4.78 is 5.32. The van der Waals surface area contributed by atoms with E-state index < -0.39 is 0 Å². The molecule has 1 aliphatic carbocycles. The zero-order chi connectivity index (χ0) is 14.3. The van der Waals surface area contributed by atoms with Crippen LogP contribution in [0.1, 0.15) is 32.0 Å². The van der Waals surface area contributed by atoms with Crippen molar-refractivity contribution in [1.29, 1.82) is 0 Å². The van der Waals surface area contributed by atoms with E-state index in [1.54, 1.807) is 7.11 Å². The van der Waals surface area contributed by atoms with E-state index in [4.69, 9.17) is 4.74 Å². The molecule has 1 atom stereocenters. The zero-order valence-corrected chi connectivity index (χ0v) is 12.4. The van der Waals surface area contributed by atoms with Crippen LogP contribution in [0.15, 0.2) is 29.5 Å². The number of methoxy groups -OCH3 is 1. The summed E-state index contributed by atoms with van der Waals surface area (Å²) in [5.41, 5.74) is 6.17. The summed E-state index contributed by atoms with van der Waals surface area (Å²) in [5, 5.41) is 0. The second-order valence-electron chi connectivity index (χ2n) is 5.62. The van der Waals surface area contributed by atoms with Gasteiger partial charge in [0, 0.05) is 27.2 Å². The van der Waals surface area contributed by atoms with E-state index in [-0.39, 0.29) is 13.3 Å². The summed E-state index contributed by atoms with van der Waals surface area (Å²) in [5.74, 6) is 0.135. The normalized spacial score (nSPS) is 21.9. The van der Waals surface area contributed by atoms with E-state index in [0.29, 0.717) is 0 Å². The number of nitrogens with zero attached hydrogens (tertiary/aromatic N) is 1. The Labute approximate surface area is 121 Å². The van der Waals surface area contributed by atoms with Gasteiger partial charge in [0.25, 0.3) is 0 Å². The fourth-order valence-electron chi connectivity index (χ4n) is 3.22. The van der Waals surface area contributed by atoms with Gasteiger partial charge in [-0.25, -0.2) is 0 Å². The maximum absolute atomic E-state index is 11.8. The molecule has 0 aromatic heterocycles. The van der Waals surface area contributed by atoms with Crippen LogP contribution in [0.25, 0.3) is 0 Å². The molecule has 1 heterocycles. The molecule has 0 saturated carbocycles. The van der Waals surface area contributed by atoms with Gasteiger partial charge in [-0.3, -0.25) is 4.79 Å². The first-order valence-corrected chi connectivity index (χ1v) is 7.29. The number of carbonyl (C=O) groups excluding carboxylic acids is 1. The Balaban J connectivity index is 0.00000161. The van der Waals surface area contributed by atoms with Gasteiger partial charge >= 0.3 is 0 Å². The van der Waals surface area contributed by atoms with Crippen molar-refractivity contribution in [2.45, 2.75) is 39.3 Å². The van der Waals surface area contributed by atoms with Crippen molar-refractivity contribution in [2.24, 2.45) is 0 Å². The Bertz CT molecular complexity index is 594. The Morgan fingerprint density at radius 1 is 1.40 bits per heavy atom. The zero-order valence-electron chi connectivity index (χ0n) is 12.4. The van der Waals surface area contributed by atoms with Gasteiger partial charge in [0.15, 0.2) is 11.9 Å².